The lowest BCUT2D eigenvalue weighted by molar-refractivity contribution is 0.0949. The lowest BCUT2D eigenvalue weighted by Gasteiger charge is -2.32. The molecule has 146 valence electrons. The van der Waals surface area contributed by atoms with E-state index in [-0.39, 0.29) is 5.91 Å². The summed E-state index contributed by atoms with van der Waals surface area (Å²) in [5.74, 6) is -0.0358. The minimum Gasteiger partial charge on any atom is -0.352 e. The first-order valence-corrected chi connectivity index (χ1v) is 9.85. The first-order chi connectivity index (χ1) is 13.0. The molecule has 27 heavy (non-hydrogen) atoms. The molecule has 0 aliphatic carbocycles. The molecule has 0 atom stereocenters. The van der Waals surface area contributed by atoms with Crippen LogP contribution in [0.15, 0.2) is 24.3 Å². The van der Waals surface area contributed by atoms with Crippen LogP contribution in [0.1, 0.15) is 28.2 Å². The Bertz CT molecular complexity index is 778. The van der Waals surface area contributed by atoms with Crippen molar-refractivity contribution in [2.24, 2.45) is 0 Å². The maximum Gasteiger partial charge on any atom is 0.251 e. The number of halogens is 1. The summed E-state index contributed by atoms with van der Waals surface area (Å²) in [4.78, 5) is 17.1. The van der Waals surface area contributed by atoms with Gasteiger partial charge in [-0.2, -0.15) is 5.10 Å². The van der Waals surface area contributed by atoms with Gasteiger partial charge in [0.25, 0.3) is 5.91 Å². The van der Waals surface area contributed by atoms with Gasteiger partial charge in [-0.25, -0.2) is 4.68 Å². The van der Waals surface area contributed by atoms with E-state index in [1.165, 1.54) is 0 Å². The Morgan fingerprint density at radius 1 is 1.15 bits per heavy atom. The zero-order valence-corrected chi connectivity index (χ0v) is 17.1. The first kappa shape index (κ1) is 19.9. The first-order valence-electron chi connectivity index (χ1n) is 9.47. The van der Waals surface area contributed by atoms with E-state index in [1.807, 2.05) is 38.1 Å². The number of rotatable bonds is 6. The quantitative estimate of drug-likeness (QED) is 0.771. The summed E-state index contributed by atoms with van der Waals surface area (Å²) in [6, 6.07) is 7.45. The molecule has 1 N–H and O–H groups in total. The van der Waals surface area contributed by atoms with E-state index in [4.69, 9.17) is 11.6 Å². The largest absolute Gasteiger partial charge is 0.352 e. The second-order valence-corrected chi connectivity index (χ2v) is 7.58. The third-order valence-corrected chi connectivity index (χ3v) is 5.66. The van der Waals surface area contributed by atoms with Crippen LogP contribution in [0.5, 0.6) is 0 Å². The smallest absolute Gasteiger partial charge is 0.251 e. The number of aromatic nitrogens is 2. The maximum absolute atomic E-state index is 12.3. The van der Waals surface area contributed by atoms with Crippen molar-refractivity contribution < 1.29 is 4.79 Å². The highest BCUT2D eigenvalue weighted by atomic mass is 35.5. The highest BCUT2D eigenvalue weighted by molar-refractivity contribution is 6.31. The van der Waals surface area contributed by atoms with Gasteiger partial charge in [0, 0.05) is 38.3 Å². The zero-order valence-electron chi connectivity index (χ0n) is 16.3. The fourth-order valence-electron chi connectivity index (χ4n) is 3.31. The van der Waals surface area contributed by atoms with Gasteiger partial charge in [0.1, 0.15) is 0 Å². The van der Waals surface area contributed by atoms with Crippen molar-refractivity contribution in [1.82, 2.24) is 24.9 Å². The van der Waals surface area contributed by atoms with Crippen LogP contribution in [0, 0.1) is 13.8 Å². The highest BCUT2D eigenvalue weighted by Gasteiger charge is 2.14. The van der Waals surface area contributed by atoms with Crippen LogP contribution < -0.4 is 5.32 Å². The van der Waals surface area contributed by atoms with Crippen molar-refractivity contribution in [2.75, 3.05) is 46.3 Å². The summed E-state index contributed by atoms with van der Waals surface area (Å²) in [6.45, 7) is 10.0. The molecular formula is C20H28ClN5O. The number of likely N-dealkylation sites (N-methyl/N-ethyl adjacent to an activating group) is 1. The SMILES string of the molecule is Cc1nn(-c2ccc(C(=O)NCCCN3CCN(C)CC3)cc2)c(C)c1Cl. The molecule has 1 aromatic heterocycles. The van der Waals surface area contributed by atoms with Crippen molar-refractivity contribution in [3.05, 3.63) is 46.2 Å². The van der Waals surface area contributed by atoms with E-state index >= 15 is 0 Å². The van der Waals surface area contributed by atoms with Crippen molar-refractivity contribution in [3.63, 3.8) is 0 Å². The van der Waals surface area contributed by atoms with Crippen molar-refractivity contribution in [2.45, 2.75) is 20.3 Å². The molecule has 2 heterocycles. The number of hydrogen-bond acceptors (Lipinski definition) is 4. The topological polar surface area (TPSA) is 53.4 Å². The van der Waals surface area contributed by atoms with Gasteiger partial charge in [0.2, 0.25) is 0 Å². The van der Waals surface area contributed by atoms with Gasteiger partial charge in [0.05, 0.1) is 22.1 Å². The molecule has 1 amide bonds. The third kappa shape index (κ3) is 4.89. The summed E-state index contributed by atoms with van der Waals surface area (Å²) in [7, 11) is 2.16. The van der Waals surface area contributed by atoms with E-state index in [0.29, 0.717) is 17.1 Å². The molecule has 0 unspecified atom stereocenters. The molecule has 0 bridgehead atoms. The Hall–Kier alpha value is -1.89. The molecular weight excluding hydrogens is 362 g/mol. The van der Waals surface area contributed by atoms with E-state index in [2.05, 4.69) is 27.3 Å². The summed E-state index contributed by atoms with van der Waals surface area (Å²) >= 11 is 6.21. The molecule has 1 saturated heterocycles. The van der Waals surface area contributed by atoms with Crippen molar-refractivity contribution in [1.29, 1.82) is 0 Å². The van der Waals surface area contributed by atoms with Gasteiger partial charge in [-0.1, -0.05) is 11.6 Å². The number of nitrogens with zero attached hydrogens (tertiary/aromatic N) is 4. The fourth-order valence-corrected chi connectivity index (χ4v) is 3.43. The van der Waals surface area contributed by atoms with Gasteiger partial charge in [-0.15, -0.1) is 0 Å². The fraction of sp³-hybridized carbons (Fsp3) is 0.500. The van der Waals surface area contributed by atoms with Gasteiger partial charge in [-0.05, 0) is 58.1 Å². The van der Waals surface area contributed by atoms with Gasteiger partial charge in [-0.3, -0.25) is 4.79 Å². The number of aryl methyl sites for hydroxylation is 1. The maximum atomic E-state index is 12.3. The lowest BCUT2D eigenvalue weighted by atomic mass is 10.2. The van der Waals surface area contributed by atoms with Crippen LogP contribution in [0.25, 0.3) is 5.69 Å². The molecule has 0 spiro atoms. The van der Waals surface area contributed by atoms with Gasteiger partial charge >= 0.3 is 0 Å². The molecule has 0 saturated carbocycles. The predicted octanol–water partition coefficient (Wildman–Crippen LogP) is 2.51. The van der Waals surface area contributed by atoms with Gasteiger partial charge < -0.3 is 15.1 Å². The molecule has 6 nitrogen and oxygen atoms in total. The minimum absolute atomic E-state index is 0.0358. The number of hydrogen-bond donors (Lipinski definition) is 1. The summed E-state index contributed by atoms with van der Waals surface area (Å²) in [5, 5.41) is 8.13. The third-order valence-electron chi connectivity index (χ3n) is 5.11. The van der Waals surface area contributed by atoms with Crippen LogP contribution in [0.3, 0.4) is 0 Å². The standard InChI is InChI=1S/C20H28ClN5O/c1-15-19(21)16(2)26(23-15)18-7-5-17(6-8-18)20(27)22-9-4-10-25-13-11-24(3)12-14-25/h5-8H,4,9-14H2,1-3H3,(H,22,27). The molecule has 7 heteroatoms. The Labute approximate surface area is 166 Å². The average molecular weight is 390 g/mol. The summed E-state index contributed by atoms with van der Waals surface area (Å²) in [6.07, 6.45) is 0.970. The molecule has 2 aromatic rings. The Balaban J connectivity index is 1.48. The number of piperazine rings is 1. The lowest BCUT2D eigenvalue weighted by Crippen LogP contribution is -2.45. The number of carbonyl (C=O) groups is 1. The summed E-state index contributed by atoms with van der Waals surface area (Å²) < 4.78 is 1.80. The normalized spacial score (nSPS) is 15.9. The zero-order chi connectivity index (χ0) is 19.4. The molecule has 1 fully saturated rings. The number of nitrogens with one attached hydrogen (secondary N) is 1. The van der Waals surface area contributed by atoms with Crippen molar-refractivity contribution >= 4 is 17.5 Å². The monoisotopic (exact) mass is 389 g/mol. The van der Waals surface area contributed by atoms with Crippen LogP contribution in [-0.2, 0) is 0 Å². The van der Waals surface area contributed by atoms with Crippen LogP contribution in [0.4, 0.5) is 0 Å². The number of carbonyl (C=O) groups excluding carboxylic acids is 1. The Morgan fingerprint density at radius 2 is 1.81 bits per heavy atom. The molecule has 1 aliphatic heterocycles. The van der Waals surface area contributed by atoms with Crippen LogP contribution >= 0.6 is 11.6 Å². The van der Waals surface area contributed by atoms with Crippen molar-refractivity contribution in [3.8, 4) is 5.69 Å². The minimum atomic E-state index is -0.0358. The second-order valence-electron chi connectivity index (χ2n) is 7.20. The van der Waals surface area contributed by atoms with E-state index in [9.17, 15) is 4.79 Å². The predicted molar refractivity (Wildman–Crippen MR) is 109 cm³/mol. The molecule has 0 radical (unpaired) electrons. The van der Waals surface area contributed by atoms with Crippen LogP contribution in [-0.4, -0.2) is 71.8 Å². The van der Waals surface area contributed by atoms with Crippen LogP contribution in [0.2, 0.25) is 5.02 Å². The molecule has 1 aromatic carbocycles. The molecule has 3 rings (SSSR count). The van der Waals surface area contributed by atoms with E-state index in [1.54, 1.807) is 4.68 Å². The molecule has 1 aliphatic rings. The highest BCUT2D eigenvalue weighted by Crippen LogP contribution is 2.22. The second kappa shape index (κ2) is 8.87. The number of amides is 1. The van der Waals surface area contributed by atoms with E-state index in [0.717, 1.165) is 56.2 Å². The average Bonchev–Trinajstić information content (AvgIpc) is 2.94. The van der Waals surface area contributed by atoms with E-state index < -0.39 is 0 Å². The Kier molecular flexibility index (Phi) is 6.52. The summed E-state index contributed by atoms with van der Waals surface area (Å²) in [5.41, 5.74) is 3.26. The van der Waals surface area contributed by atoms with Gasteiger partial charge in [0.15, 0.2) is 0 Å². The Morgan fingerprint density at radius 3 is 2.41 bits per heavy atom. The number of benzene rings is 1.